The number of Topliss-reactive ketones (excluding diaryl/α,β-unsaturated/α-hetero) is 1. The molecule has 0 fully saturated rings. The van der Waals surface area contributed by atoms with Crippen LogP contribution in [0.1, 0.15) is 47.7 Å². The van der Waals surface area contributed by atoms with Gasteiger partial charge in [0.2, 0.25) is 0 Å². The second kappa shape index (κ2) is 8.69. The van der Waals surface area contributed by atoms with E-state index in [-0.39, 0.29) is 12.2 Å². The molecule has 1 aromatic rings. The topological polar surface area (TPSA) is 57.6 Å². The Bertz CT molecular complexity index is 525. The van der Waals surface area contributed by atoms with Gasteiger partial charge < -0.3 is 10.0 Å². The van der Waals surface area contributed by atoms with Gasteiger partial charge in [-0.2, -0.15) is 0 Å². The zero-order valence-corrected chi connectivity index (χ0v) is 14.1. The molecule has 0 aliphatic heterocycles. The highest BCUT2D eigenvalue weighted by atomic mass is 16.4. The molecule has 4 heteroatoms. The summed E-state index contributed by atoms with van der Waals surface area (Å²) >= 11 is 0. The minimum atomic E-state index is -0.924. The van der Waals surface area contributed by atoms with Crippen molar-refractivity contribution in [2.24, 2.45) is 5.92 Å². The van der Waals surface area contributed by atoms with Crippen molar-refractivity contribution in [2.75, 3.05) is 20.1 Å². The number of nitrogens with zero attached hydrogens (tertiary/aromatic N) is 1. The van der Waals surface area contributed by atoms with Crippen LogP contribution >= 0.6 is 0 Å². The quantitative estimate of drug-likeness (QED) is 0.711. The van der Waals surface area contributed by atoms with Gasteiger partial charge in [0, 0.05) is 18.0 Å². The molecule has 0 saturated heterocycles. The van der Waals surface area contributed by atoms with E-state index < -0.39 is 11.9 Å². The van der Waals surface area contributed by atoms with Gasteiger partial charge in [0.1, 0.15) is 0 Å². The predicted molar refractivity (Wildman–Crippen MR) is 88.4 cm³/mol. The van der Waals surface area contributed by atoms with Gasteiger partial charge in [0.25, 0.3) is 0 Å². The van der Waals surface area contributed by atoms with Crippen LogP contribution in [-0.4, -0.2) is 41.9 Å². The number of hydrogen-bond donors (Lipinski definition) is 1. The van der Waals surface area contributed by atoms with Gasteiger partial charge in [-0.3, -0.25) is 9.59 Å². The Morgan fingerprint density at radius 1 is 1.27 bits per heavy atom. The van der Waals surface area contributed by atoms with Crippen LogP contribution in [0.2, 0.25) is 0 Å². The van der Waals surface area contributed by atoms with Gasteiger partial charge in [0.05, 0.1) is 6.42 Å². The van der Waals surface area contributed by atoms with Crippen LogP contribution in [-0.2, 0) is 4.79 Å². The maximum Gasteiger partial charge on any atom is 0.304 e. The first kappa shape index (κ1) is 18.4. The highest BCUT2D eigenvalue weighted by molar-refractivity contribution is 6.00. The molecule has 1 N–H and O–H groups in total. The molecule has 0 saturated carbocycles. The van der Waals surface area contributed by atoms with Crippen LogP contribution in [0.25, 0.3) is 0 Å². The van der Waals surface area contributed by atoms with Gasteiger partial charge in [0.15, 0.2) is 5.78 Å². The highest BCUT2D eigenvalue weighted by Crippen LogP contribution is 2.19. The van der Waals surface area contributed by atoms with Crippen LogP contribution in [0.3, 0.4) is 0 Å². The van der Waals surface area contributed by atoms with Crippen molar-refractivity contribution in [3.63, 3.8) is 0 Å². The predicted octanol–water partition coefficient (Wildman–Crippen LogP) is 3.31. The zero-order chi connectivity index (χ0) is 16.7. The number of unbranched alkanes of at least 4 members (excludes halogenated alkanes) is 1. The average molecular weight is 305 g/mol. The number of carboxylic acids is 1. The lowest BCUT2D eigenvalue weighted by atomic mass is 9.91. The van der Waals surface area contributed by atoms with E-state index in [1.165, 1.54) is 0 Å². The van der Waals surface area contributed by atoms with Gasteiger partial charge in [-0.05, 0) is 39.4 Å². The van der Waals surface area contributed by atoms with E-state index in [1.807, 2.05) is 39.1 Å². The second-order valence-corrected chi connectivity index (χ2v) is 6.09. The fourth-order valence-corrected chi connectivity index (χ4v) is 2.66. The summed E-state index contributed by atoms with van der Waals surface area (Å²) in [7, 11) is 1.94. The number of aryl methyl sites for hydroxylation is 2. The van der Waals surface area contributed by atoms with Crippen LogP contribution in [0, 0.1) is 19.8 Å². The Morgan fingerprint density at radius 3 is 2.50 bits per heavy atom. The highest BCUT2D eigenvalue weighted by Gasteiger charge is 2.25. The van der Waals surface area contributed by atoms with Crippen molar-refractivity contribution < 1.29 is 14.7 Å². The van der Waals surface area contributed by atoms with Crippen LogP contribution in [0.15, 0.2) is 18.2 Å². The molecule has 0 aliphatic carbocycles. The standard InChI is InChI=1S/C18H27NO3/c1-5-6-9-19(4)12-15(11-17(20)21)18(22)16-8-7-13(2)10-14(16)3/h7-8,10,15H,5-6,9,11-12H2,1-4H3,(H,20,21). The lowest BCUT2D eigenvalue weighted by Crippen LogP contribution is -2.33. The summed E-state index contributed by atoms with van der Waals surface area (Å²) in [6.07, 6.45) is 2.01. The number of carboxylic acid groups (broad SMARTS) is 1. The van der Waals surface area contributed by atoms with E-state index in [0.29, 0.717) is 12.1 Å². The number of rotatable bonds is 9. The van der Waals surface area contributed by atoms with Crippen molar-refractivity contribution in [2.45, 2.75) is 40.0 Å². The van der Waals surface area contributed by atoms with Crippen molar-refractivity contribution in [1.29, 1.82) is 0 Å². The summed E-state index contributed by atoms with van der Waals surface area (Å²) in [6.45, 7) is 7.36. The van der Waals surface area contributed by atoms with Crippen molar-refractivity contribution in [3.8, 4) is 0 Å². The molecule has 0 aliphatic rings. The fourth-order valence-electron chi connectivity index (χ4n) is 2.66. The third kappa shape index (κ3) is 5.60. The number of ketones is 1. The summed E-state index contributed by atoms with van der Waals surface area (Å²) in [5.74, 6) is -1.49. The summed E-state index contributed by atoms with van der Waals surface area (Å²) < 4.78 is 0. The maximum atomic E-state index is 12.7. The summed E-state index contributed by atoms with van der Waals surface area (Å²) in [5.41, 5.74) is 2.65. The number of benzene rings is 1. The SMILES string of the molecule is CCCCN(C)CC(CC(=O)O)C(=O)c1ccc(C)cc1C. The average Bonchev–Trinajstić information content (AvgIpc) is 2.43. The van der Waals surface area contributed by atoms with Crippen LogP contribution in [0.4, 0.5) is 0 Å². The Labute approximate surface area is 133 Å². The summed E-state index contributed by atoms with van der Waals surface area (Å²) in [5, 5.41) is 9.11. The Morgan fingerprint density at radius 2 is 1.95 bits per heavy atom. The minimum Gasteiger partial charge on any atom is -0.481 e. The molecular weight excluding hydrogens is 278 g/mol. The molecule has 1 rings (SSSR count). The van der Waals surface area contributed by atoms with Gasteiger partial charge in [-0.1, -0.05) is 37.1 Å². The molecule has 122 valence electrons. The third-order valence-corrected chi connectivity index (χ3v) is 3.86. The molecule has 0 bridgehead atoms. The first-order valence-electron chi connectivity index (χ1n) is 7.87. The summed E-state index contributed by atoms with van der Waals surface area (Å²) in [6, 6.07) is 5.68. The largest absolute Gasteiger partial charge is 0.481 e. The molecule has 1 atom stereocenters. The Kier molecular flexibility index (Phi) is 7.25. The van der Waals surface area contributed by atoms with E-state index in [2.05, 4.69) is 11.8 Å². The fraction of sp³-hybridized carbons (Fsp3) is 0.556. The van der Waals surface area contributed by atoms with Gasteiger partial charge in [-0.15, -0.1) is 0 Å². The lowest BCUT2D eigenvalue weighted by molar-refractivity contribution is -0.137. The van der Waals surface area contributed by atoms with E-state index in [0.717, 1.165) is 30.5 Å². The molecule has 22 heavy (non-hydrogen) atoms. The molecule has 0 amide bonds. The van der Waals surface area contributed by atoms with E-state index >= 15 is 0 Å². The van der Waals surface area contributed by atoms with Crippen molar-refractivity contribution in [3.05, 3.63) is 34.9 Å². The number of carbonyl (C=O) groups excluding carboxylic acids is 1. The van der Waals surface area contributed by atoms with Gasteiger partial charge >= 0.3 is 5.97 Å². The van der Waals surface area contributed by atoms with E-state index in [9.17, 15) is 9.59 Å². The second-order valence-electron chi connectivity index (χ2n) is 6.09. The molecule has 1 unspecified atom stereocenters. The number of aliphatic carboxylic acids is 1. The Balaban J connectivity index is 2.90. The van der Waals surface area contributed by atoms with E-state index in [1.54, 1.807) is 0 Å². The third-order valence-electron chi connectivity index (χ3n) is 3.86. The zero-order valence-electron chi connectivity index (χ0n) is 14.1. The first-order valence-corrected chi connectivity index (χ1v) is 7.87. The molecule has 0 heterocycles. The lowest BCUT2D eigenvalue weighted by Gasteiger charge is -2.22. The molecular formula is C18H27NO3. The van der Waals surface area contributed by atoms with Crippen molar-refractivity contribution in [1.82, 2.24) is 4.90 Å². The number of hydrogen-bond acceptors (Lipinski definition) is 3. The monoisotopic (exact) mass is 305 g/mol. The first-order chi connectivity index (χ1) is 10.3. The molecule has 0 aromatic heterocycles. The number of carbonyl (C=O) groups is 2. The minimum absolute atomic E-state index is 0.0664. The smallest absolute Gasteiger partial charge is 0.304 e. The molecule has 1 aromatic carbocycles. The van der Waals surface area contributed by atoms with Crippen LogP contribution < -0.4 is 0 Å². The normalized spacial score (nSPS) is 12.4. The Hall–Kier alpha value is -1.68. The molecule has 0 radical (unpaired) electrons. The van der Waals surface area contributed by atoms with Crippen molar-refractivity contribution >= 4 is 11.8 Å². The van der Waals surface area contributed by atoms with Crippen LogP contribution in [0.5, 0.6) is 0 Å². The summed E-state index contributed by atoms with van der Waals surface area (Å²) in [4.78, 5) is 25.9. The molecule has 4 nitrogen and oxygen atoms in total. The van der Waals surface area contributed by atoms with E-state index in [4.69, 9.17) is 5.11 Å². The maximum absolute atomic E-state index is 12.7. The molecule has 0 spiro atoms. The van der Waals surface area contributed by atoms with Gasteiger partial charge in [-0.25, -0.2) is 0 Å².